The van der Waals surface area contributed by atoms with Crippen molar-refractivity contribution in [1.82, 2.24) is 4.98 Å². The summed E-state index contributed by atoms with van der Waals surface area (Å²) < 4.78 is 78.9. The van der Waals surface area contributed by atoms with Crippen molar-refractivity contribution in [2.75, 3.05) is 23.3 Å². The number of hydrogen-bond donors (Lipinski definition) is 1. The lowest BCUT2D eigenvalue weighted by Gasteiger charge is -2.35. The molecular weight excluding hydrogens is 449 g/mol. The van der Waals surface area contributed by atoms with Crippen molar-refractivity contribution in [1.29, 1.82) is 0 Å². The molecule has 1 amide bonds. The van der Waals surface area contributed by atoms with Crippen molar-refractivity contribution in [2.24, 2.45) is 11.8 Å². The second-order valence-corrected chi connectivity index (χ2v) is 8.89. The van der Waals surface area contributed by atoms with Gasteiger partial charge in [-0.1, -0.05) is 0 Å². The van der Waals surface area contributed by atoms with Gasteiger partial charge in [-0.05, 0) is 43.9 Å². The number of alkyl halides is 3. The molecule has 4 aliphatic rings. The molecule has 2 atom stereocenters. The zero-order valence-corrected chi connectivity index (χ0v) is 17.6. The van der Waals surface area contributed by atoms with Gasteiger partial charge in [-0.3, -0.25) is 4.79 Å². The van der Waals surface area contributed by atoms with Gasteiger partial charge in [0, 0.05) is 30.9 Å². The van der Waals surface area contributed by atoms with E-state index >= 15 is 0 Å². The first kappa shape index (κ1) is 22.0. The minimum absolute atomic E-state index is 0.0758. The quantitative estimate of drug-likeness (QED) is 0.595. The summed E-state index contributed by atoms with van der Waals surface area (Å²) in [5.74, 6) is -3.59. The molecule has 178 valence electrons. The predicted molar refractivity (Wildman–Crippen MR) is 107 cm³/mol. The molecule has 3 saturated carbocycles. The Bertz CT molecular complexity index is 1030. The van der Waals surface area contributed by atoms with E-state index in [4.69, 9.17) is 9.15 Å². The maximum absolute atomic E-state index is 14.6. The van der Waals surface area contributed by atoms with Gasteiger partial charge in [0.15, 0.2) is 23.1 Å². The highest BCUT2D eigenvalue weighted by Crippen LogP contribution is 2.50. The highest BCUT2D eigenvalue weighted by atomic mass is 19.4. The smallest absolute Gasteiger partial charge is 0.396 e. The maximum Gasteiger partial charge on any atom is 0.396 e. The van der Waals surface area contributed by atoms with Gasteiger partial charge in [0.25, 0.3) is 11.9 Å². The third-order valence-electron chi connectivity index (χ3n) is 6.59. The fourth-order valence-electron chi connectivity index (χ4n) is 4.96. The molecule has 11 heteroatoms. The molecule has 0 spiro atoms. The van der Waals surface area contributed by atoms with Crippen molar-refractivity contribution in [3.05, 3.63) is 35.2 Å². The Hall–Kier alpha value is -2.85. The van der Waals surface area contributed by atoms with Crippen molar-refractivity contribution < 1.29 is 35.9 Å². The molecule has 2 unspecified atom stereocenters. The lowest BCUT2D eigenvalue weighted by molar-refractivity contribution is -0.130. The van der Waals surface area contributed by atoms with Crippen molar-refractivity contribution in [3.63, 3.8) is 0 Å². The van der Waals surface area contributed by atoms with Crippen LogP contribution in [0.1, 0.15) is 48.4 Å². The number of amides is 1. The molecule has 0 radical (unpaired) electrons. The van der Waals surface area contributed by atoms with Crippen LogP contribution in [0.5, 0.6) is 5.75 Å². The normalized spacial score (nSPS) is 24.2. The number of rotatable bonds is 6. The van der Waals surface area contributed by atoms with E-state index in [1.165, 1.54) is 0 Å². The van der Waals surface area contributed by atoms with Crippen LogP contribution in [0.15, 0.2) is 16.5 Å². The average Bonchev–Trinajstić information content (AvgIpc) is 3.49. The Kier molecular flexibility index (Phi) is 5.44. The molecule has 2 heterocycles. The first-order chi connectivity index (χ1) is 15.7. The van der Waals surface area contributed by atoms with E-state index in [2.05, 4.69) is 10.3 Å². The van der Waals surface area contributed by atoms with Crippen LogP contribution in [0, 0.1) is 23.5 Å². The zero-order chi connectivity index (χ0) is 23.3. The number of ether oxygens (including phenoxy) is 1. The van der Waals surface area contributed by atoms with Gasteiger partial charge >= 0.3 is 6.18 Å². The molecular formula is C22H22F5N3O3. The number of hydrogen-bond acceptors (Lipinski definition) is 5. The molecule has 2 aromatic rings. The van der Waals surface area contributed by atoms with E-state index < -0.39 is 47.3 Å². The fourth-order valence-corrected chi connectivity index (χ4v) is 4.96. The van der Waals surface area contributed by atoms with Crippen LogP contribution < -0.4 is 15.0 Å². The maximum atomic E-state index is 14.6. The van der Waals surface area contributed by atoms with E-state index in [1.54, 1.807) is 4.90 Å². The monoisotopic (exact) mass is 471 g/mol. The average molecular weight is 471 g/mol. The van der Waals surface area contributed by atoms with Crippen LogP contribution in [0.25, 0.3) is 0 Å². The van der Waals surface area contributed by atoms with Gasteiger partial charge in [0.2, 0.25) is 0 Å². The number of carbonyl (C=O) groups excluding carboxylic acids is 1. The van der Waals surface area contributed by atoms with E-state index in [9.17, 15) is 26.7 Å². The number of benzene rings is 1. The highest BCUT2D eigenvalue weighted by Gasteiger charge is 2.49. The summed E-state index contributed by atoms with van der Waals surface area (Å²) >= 11 is 0. The SMILES string of the molecule is O=C(Nc1cc(F)c(OC2C3CCC2C3)c(F)c1)c1nc(N2CCCC2)oc1CC(F)(F)F. The Balaban J connectivity index is 1.35. The summed E-state index contributed by atoms with van der Waals surface area (Å²) in [6, 6.07) is 1.68. The van der Waals surface area contributed by atoms with Crippen LogP contribution in [0.4, 0.5) is 33.7 Å². The molecule has 6 rings (SSSR count). The molecule has 6 nitrogen and oxygen atoms in total. The van der Waals surface area contributed by atoms with Gasteiger partial charge in [0.1, 0.15) is 18.3 Å². The third kappa shape index (κ3) is 4.37. The summed E-state index contributed by atoms with van der Waals surface area (Å²) in [6.45, 7) is 1.10. The standard InChI is InChI=1S/C22H22F5N3O3/c23-14-8-13(9-15(24)19(14)33-18-11-3-4-12(18)7-11)28-20(31)17-16(10-22(25,26)27)32-21(29-17)30-5-1-2-6-30/h8-9,11-12,18H,1-7,10H2,(H,28,31). The summed E-state index contributed by atoms with van der Waals surface area (Å²) in [5.41, 5.74) is -0.830. The van der Waals surface area contributed by atoms with E-state index in [0.29, 0.717) is 24.9 Å². The number of nitrogens with one attached hydrogen (secondary N) is 1. The topological polar surface area (TPSA) is 67.6 Å². The van der Waals surface area contributed by atoms with Gasteiger partial charge in [-0.25, -0.2) is 8.78 Å². The zero-order valence-electron chi connectivity index (χ0n) is 17.6. The fraction of sp³-hybridized carbons (Fsp3) is 0.545. The molecule has 3 aliphatic carbocycles. The van der Waals surface area contributed by atoms with Gasteiger partial charge in [0.05, 0.1) is 0 Å². The molecule has 1 saturated heterocycles. The number of nitrogens with zero attached hydrogens (tertiary/aromatic N) is 2. The first-order valence-electron chi connectivity index (χ1n) is 11.0. The molecule has 1 aromatic heterocycles. The van der Waals surface area contributed by atoms with E-state index in [0.717, 1.165) is 44.2 Å². The summed E-state index contributed by atoms with van der Waals surface area (Å²) in [4.78, 5) is 18.3. The van der Waals surface area contributed by atoms with E-state index in [1.807, 2.05) is 0 Å². The molecule has 1 aromatic carbocycles. The second kappa shape index (κ2) is 8.18. The Morgan fingerprint density at radius 3 is 2.36 bits per heavy atom. The van der Waals surface area contributed by atoms with Gasteiger partial charge in [-0.15, -0.1) is 0 Å². The van der Waals surface area contributed by atoms with E-state index in [-0.39, 0.29) is 17.8 Å². The summed E-state index contributed by atoms with van der Waals surface area (Å²) in [7, 11) is 0. The largest absolute Gasteiger partial charge is 0.484 e. The predicted octanol–water partition coefficient (Wildman–Crippen LogP) is 5.09. The highest BCUT2D eigenvalue weighted by molar-refractivity contribution is 6.03. The van der Waals surface area contributed by atoms with Gasteiger partial charge < -0.3 is 19.4 Å². The Labute approximate surface area is 186 Å². The van der Waals surface area contributed by atoms with Gasteiger partial charge in [-0.2, -0.15) is 18.2 Å². The number of aromatic nitrogens is 1. The lowest BCUT2D eigenvalue weighted by atomic mass is 9.81. The molecule has 2 bridgehead atoms. The van der Waals surface area contributed by atoms with Crippen LogP contribution in [0.2, 0.25) is 0 Å². The van der Waals surface area contributed by atoms with Crippen molar-refractivity contribution in [3.8, 4) is 5.75 Å². The first-order valence-corrected chi connectivity index (χ1v) is 11.0. The number of oxazole rings is 1. The number of anilines is 2. The summed E-state index contributed by atoms with van der Waals surface area (Å²) in [6.07, 6.45) is -1.72. The number of carbonyl (C=O) groups is 1. The second-order valence-electron chi connectivity index (χ2n) is 8.89. The van der Waals surface area contributed by atoms with Crippen LogP contribution in [0.3, 0.4) is 0 Å². The van der Waals surface area contributed by atoms with Crippen LogP contribution >= 0.6 is 0 Å². The number of halogens is 5. The molecule has 4 fully saturated rings. The minimum Gasteiger partial charge on any atom is -0.484 e. The lowest BCUT2D eigenvalue weighted by Crippen LogP contribution is -2.39. The summed E-state index contributed by atoms with van der Waals surface area (Å²) in [5, 5.41) is 2.23. The minimum atomic E-state index is -4.63. The number of fused-ring (bicyclic) bond motifs is 1. The molecule has 1 aliphatic heterocycles. The van der Waals surface area contributed by atoms with Crippen molar-refractivity contribution >= 4 is 17.6 Å². The molecule has 33 heavy (non-hydrogen) atoms. The van der Waals surface area contributed by atoms with Crippen LogP contribution in [-0.4, -0.2) is 36.3 Å². The molecule has 1 N–H and O–H groups in total. The van der Waals surface area contributed by atoms with Crippen LogP contribution in [-0.2, 0) is 6.42 Å². The Morgan fingerprint density at radius 2 is 1.79 bits per heavy atom. The third-order valence-corrected chi connectivity index (χ3v) is 6.59. The Morgan fingerprint density at radius 1 is 1.15 bits per heavy atom. The van der Waals surface area contributed by atoms with Crippen molar-refractivity contribution in [2.45, 2.75) is 50.8 Å².